The fourth-order valence-electron chi connectivity index (χ4n) is 2.51. The van der Waals surface area contributed by atoms with Gasteiger partial charge in [0.1, 0.15) is 0 Å². The number of nitrogens with zero attached hydrogens (tertiary/aromatic N) is 2. The van der Waals surface area contributed by atoms with E-state index in [1.807, 2.05) is 11.1 Å². The molecule has 0 N–H and O–H groups in total. The number of hydroxylamine groups is 2. The van der Waals surface area contributed by atoms with Crippen LogP contribution in [0.4, 0.5) is 0 Å². The van der Waals surface area contributed by atoms with Gasteiger partial charge in [-0.05, 0) is 19.0 Å². The minimum Gasteiger partial charge on any atom is -0.275 e. The zero-order valence-electron chi connectivity index (χ0n) is 11.7. The summed E-state index contributed by atoms with van der Waals surface area (Å²) in [5, 5.41) is 2.05. The first-order valence-electron chi connectivity index (χ1n) is 6.87. The van der Waals surface area contributed by atoms with E-state index in [-0.39, 0.29) is 6.23 Å². The Hall–Kier alpha value is -0.900. The maximum atomic E-state index is 6.05. The molecule has 1 aliphatic heterocycles. The highest BCUT2D eigenvalue weighted by molar-refractivity contribution is 5.17. The number of hydrogen-bond acceptors (Lipinski definition) is 3. The van der Waals surface area contributed by atoms with Gasteiger partial charge in [0.05, 0.1) is 0 Å². The standard InChI is InChI=1S/C15H24N2O/c1-4-5-11-14-12-16(2)15(18-17(14)3)13-9-7-6-8-10-13/h6-10,14-15H,4-5,11-12H2,1-3H3/t14-,15-/m0/s1. The maximum absolute atomic E-state index is 6.05. The van der Waals surface area contributed by atoms with E-state index >= 15 is 0 Å². The predicted octanol–water partition coefficient (Wildman–Crippen LogP) is 3.05. The van der Waals surface area contributed by atoms with Crippen LogP contribution in [0.15, 0.2) is 30.3 Å². The maximum Gasteiger partial charge on any atom is 0.157 e. The lowest BCUT2D eigenvalue weighted by molar-refractivity contribution is -0.284. The van der Waals surface area contributed by atoms with Crippen molar-refractivity contribution in [1.29, 1.82) is 0 Å². The monoisotopic (exact) mass is 248 g/mol. The Morgan fingerprint density at radius 3 is 2.61 bits per heavy atom. The van der Waals surface area contributed by atoms with Crippen molar-refractivity contribution in [2.45, 2.75) is 38.5 Å². The van der Waals surface area contributed by atoms with E-state index < -0.39 is 0 Å². The van der Waals surface area contributed by atoms with Crippen molar-refractivity contribution in [2.24, 2.45) is 0 Å². The van der Waals surface area contributed by atoms with E-state index in [9.17, 15) is 0 Å². The quantitative estimate of drug-likeness (QED) is 0.814. The van der Waals surface area contributed by atoms with Gasteiger partial charge in [-0.15, -0.1) is 0 Å². The molecule has 100 valence electrons. The van der Waals surface area contributed by atoms with E-state index in [4.69, 9.17) is 4.84 Å². The highest BCUT2D eigenvalue weighted by Gasteiger charge is 2.31. The van der Waals surface area contributed by atoms with E-state index in [0.717, 1.165) is 6.54 Å². The van der Waals surface area contributed by atoms with Crippen molar-refractivity contribution in [3.05, 3.63) is 35.9 Å². The molecule has 18 heavy (non-hydrogen) atoms. The third-order valence-corrected chi connectivity index (χ3v) is 3.66. The summed E-state index contributed by atoms with van der Waals surface area (Å²) in [6, 6.07) is 10.9. The normalized spacial score (nSPS) is 26.4. The molecule has 0 unspecified atom stereocenters. The van der Waals surface area contributed by atoms with Crippen LogP contribution in [-0.4, -0.2) is 36.6 Å². The van der Waals surface area contributed by atoms with E-state index in [1.165, 1.54) is 24.8 Å². The van der Waals surface area contributed by atoms with Gasteiger partial charge in [0, 0.05) is 19.6 Å². The molecule has 1 aliphatic rings. The average Bonchev–Trinajstić information content (AvgIpc) is 2.40. The molecule has 0 aromatic heterocycles. The van der Waals surface area contributed by atoms with E-state index in [2.05, 4.69) is 50.2 Å². The van der Waals surface area contributed by atoms with Gasteiger partial charge in [-0.3, -0.25) is 9.74 Å². The van der Waals surface area contributed by atoms with Crippen LogP contribution < -0.4 is 0 Å². The zero-order chi connectivity index (χ0) is 13.0. The van der Waals surface area contributed by atoms with Gasteiger partial charge in [0.2, 0.25) is 0 Å². The fraction of sp³-hybridized carbons (Fsp3) is 0.600. The first-order chi connectivity index (χ1) is 8.72. The molecule has 3 heteroatoms. The number of likely N-dealkylation sites (N-methyl/N-ethyl adjacent to an activating group) is 2. The molecule has 1 saturated heterocycles. The van der Waals surface area contributed by atoms with E-state index in [0.29, 0.717) is 6.04 Å². The van der Waals surface area contributed by atoms with Gasteiger partial charge < -0.3 is 0 Å². The van der Waals surface area contributed by atoms with Crippen LogP contribution >= 0.6 is 0 Å². The highest BCUT2D eigenvalue weighted by Crippen LogP contribution is 2.28. The molecule has 0 aliphatic carbocycles. The summed E-state index contributed by atoms with van der Waals surface area (Å²) in [7, 11) is 4.20. The Bertz CT molecular complexity index is 355. The molecule has 0 saturated carbocycles. The Balaban J connectivity index is 2.01. The summed E-state index contributed by atoms with van der Waals surface area (Å²) in [5.74, 6) is 0. The molecule has 0 radical (unpaired) electrons. The molecule has 3 nitrogen and oxygen atoms in total. The van der Waals surface area contributed by atoms with Gasteiger partial charge in [-0.2, -0.15) is 5.06 Å². The summed E-state index contributed by atoms with van der Waals surface area (Å²) in [6.07, 6.45) is 3.77. The fourth-order valence-corrected chi connectivity index (χ4v) is 2.51. The SMILES string of the molecule is CCCC[C@H]1CN(C)[C@H](c2ccccc2)ON1C. The Morgan fingerprint density at radius 2 is 1.94 bits per heavy atom. The predicted molar refractivity (Wildman–Crippen MR) is 74.0 cm³/mol. The topological polar surface area (TPSA) is 15.7 Å². The largest absolute Gasteiger partial charge is 0.275 e. The van der Waals surface area contributed by atoms with Crippen LogP contribution in [0.2, 0.25) is 0 Å². The number of rotatable bonds is 4. The van der Waals surface area contributed by atoms with Crippen LogP contribution in [0, 0.1) is 0 Å². The molecule has 0 spiro atoms. The lowest BCUT2D eigenvalue weighted by Crippen LogP contribution is -2.50. The van der Waals surface area contributed by atoms with Crippen LogP contribution in [-0.2, 0) is 4.84 Å². The number of hydrogen-bond donors (Lipinski definition) is 0. The molecule has 1 fully saturated rings. The molecule has 2 rings (SSSR count). The zero-order valence-corrected chi connectivity index (χ0v) is 11.7. The van der Waals surface area contributed by atoms with Gasteiger partial charge in [0.15, 0.2) is 6.23 Å². The highest BCUT2D eigenvalue weighted by atomic mass is 16.7. The van der Waals surface area contributed by atoms with Gasteiger partial charge in [-0.25, -0.2) is 0 Å². The van der Waals surface area contributed by atoms with Crippen molar-refractivity contribution in [1.82, 2.24) is 9.96 Å². The number of unbranched alkanes of at least 4 members (excludes halogenated alkanes) is 1. The average molecular weight is 248 g/mol. The number of benzene rings is 1. The third kappa shape index (κ3) is 3.10. The lowest BCUT2D eigenvalue weighted by Gasteiger charge is -2.42. The van der Waals surface area contributed by atoms with Crippen LogP contribution in [0.1, 0.15) is 38.0 Å². The van der Waals surface area contributed by atoms with Gasteiger partial charge in [-0.1, -0.05) is 50.1 Å². The summed E-state index contributed by atoms with van der Waals surface area (Å²) in [4.78, 5) is 8.35. The molecule has 1 aromatic carbocycles. The Morgan fingerprint density at radius 1 is 1.22 bits per heavy atom. The molecule has 1 heterocycles. The van der Waals surface area contributed by atoms with Crippen molar-refractivity contribution >= 4 is 0 Å². The smallest absolute Gasteiger partial charge is 0.157 e. The molecule has 0 amide bonds. The second-order valence-electron chi connectivity index (χ2n) is 5.15. The first kappa shape index (κ1) is 13.5. The third-order valence-electron chi connectivity index (χ3n) is 3.66. The Labute approximate surface area is 110 Å². The minimum atomic E-state index is 0.0501. The minimum absolute atomic E-state index is 0.0501. The van der Waals surface area contributed by atoms with Gasteiger partial charge in [0.25, 0.3) is 0 Å². The lowest BCUT2D eigenvalue weighted by atomic mass is 10.1. The summed E-state index contributed by atoms with van der Waals surface area (Å²) in [5.41, 5.74) is 1.22. The van der Waals surface area contributed by atoms with Crippen LogP contribution in [0.5, 0.6) is 0 Å². The molecule has 2 atom stereocenters. The van der Waals surface area contributed by atoms with Crippen molar-refractivity contribution < 1.29 is 4.84 Å². The second-order valence-corrected chi connectivity index (χ2v) is 5.15. The van der Waals surface area contributed by atoms with Crippen molar-refractivity contribution in [2.75, 3.05) is 20.6 Å². The first-order valence-corrected chi connectivity index (χ1v) is 6.87. The summed E-state index contributed by atoms with van der Waals surface area (Å²) < 4.78 is 0. The van der Waals surface area contributed by atoms with E-state index in [1.54, 1.807) is 0 Å². The van der Waals surface area contributed by atoms with Gasteiger partial charge >= 0.3 is 0 Å². The molecule has 1 aromatic rings. The summed E-state index contributed by atoms with van der Waals surface area (Å²) >= 11 is 0. The van der Waals surface area contributed by atoms with Crippen LogP contribution in [0.25, 0.3) is 0 Å². The molecule has 0 bridgehead atoms. The van der Waals surface area contributed by atoms with Crippen molar-refractivity contribution in [3.8, 4) is 0 Å². The molecular weight excluding hydrogens is 224 g/mol. The van der Waals surface area contributed by atoms with Crippen molar-refractivity contribution in [3.63, 3.8) is 0 Å². The molecular formula is C15H24N2O. The van der Waals surface area contributed by atoms with Crippen LogP contribution in [0.3, 0.4) is 0 Å². The summed E-state index contributed by atoms with van der Waals surface area (Å²) in [6.45, 7) is 3.30. The second kappa shape index (κ2) is 6.32. The Kier molecular flexibility index (Phi) is 4.75.